The standard InChI is InChI=1S/C14H14BrN5O2S/c1-7-4-9(15)5-20-11(8(2)16-12(7)20)13(21)17-14-19-18-10(23-14)6-22-3/h4-5H,6H2,1-3H3,(H,17,19,21). The average Bonchev–Trinajstić information content (AvgIpc) is 3.03. The van der Waals surface area contributed by atoms with Gasteiger partial charge in [-0.3, -0.25) is 14.5 Å². The molecule has 0 aliphatic heterocycles. The second-order valence-electron chi connectivity index (χ2n) is 4.97. The smallest absolute Gasteiger partial charge is 0.276 e. The lowest BCUT2D eigenvalue weighted by Crippen LogP contribution is -2.15. The fourth-order valence-electron chi connectivity index (χ4n) is 2.30. The molecule has 0 fully saturated rings. The first kappa shape index (κ1) is 16.0. The third-order valence-corrected chi connectivity index (χ3v) is 4.46. The van der Waals surface area contributed by atoms with Crippen molar-refractivity contribution < 1.29 is 9.53 Å². The summed E-state index contributed by atoms with van der Waals surface area (Å²) in [6.07, 6.45) is 1.83. The Balaban J connectivity index is 1.95. The van der Waals surface area contributed by atoms with Gasteiger partial charge in [-0.25, -0.2) is 4.98 Å². The second kappa shape index (κ2) is 6.34. The van der Waals surface area contributed by atoms with E-state index in [9.17, 15) is 4.79 Å². The Morgan fingerprint density at radius 3 is 2.96 bits per heavy atom. The van der Waals surface area contributed by atoms with Gasteiger partial charge in [0, 0.05) is 17.8 Å². The van der Waals surface area contributed by atoms with Crippen LogP contribution in [0.5, 0.6) is 0 Å². The number of halogens is 1. The van der Waals surface area contributed by atoms with Crippen molar-refractivity contribution >= 4 is 44.0 Å². The maximum Gasteiger partial charge on any atom is 0.276 e. The van der Waals surface area contributed by atoms with E-state index >= 15 is 0 Å². The Morgan fingerprint density at radius 2 is 2.22 bits per heavy atom. The first-order chi connectivity index (χ1) is 11.0. The van der Waals surface area contributed by atoms with E-state index in [1.807, 2.05) is 26.1 Å². The number of carbonyl (C=O) groups excluding carboxylic acids is 1. The molecule has 0 unspecified atom stereocenters. The van der Waals surface area contributed by atoms with E-state index in [1.165, 1.54) is 11.3 Å². The van der Waals surface area contributed by atoms with Gasteiger partial charge in [-0.15, -0.1) is 10.2 Å². The third-order valence-electron chi connectivity index (χ3n) is 3.22. The molecule has 1 N–H and O–H groups in total. The largest absolute Gasteiger partial charge is 0.377 e. The molecule has 0 aliphatic rings. The molecule has 0 bridgehead atoms. The molecule has 3 aromatic rings. The van der Waals surface area contributed by atoms with E-state index in [2.05, 4.69) is 36.4 Å². The van der Waals surface area contributed by atoms with E-state index in [-0.39, 0.29) is 5.91 Å². The van der Waals surface area contributed by atoms with Crippen LogP contribution in [-0.2, 0) is 11.3 Å². The maximum absolute atomic E-state index is 12.6. The van der Waals surface area contributed by atoms with Gasteiger partial charge >= 0.3 is 0 Å². The molecule has 3 aromatic heterocycles. The van der Waals surface area contributed by atoms with Gasteiger partial charge in [0.25, 0.3) is 5.91 Å². The summed E-state index contributed by atoms with van der Waals surface area (Å²) in [5, 5.41) is 11.8. The number of aryl methyl sites for hydroxylation is 2. The highest BCUT2D eigenvalue weighted by Crippen LogP contribution is 2.22. The Morgan fingerprint density at radius 1 is 1.43 bits per heavy atom. The molecule has 0 aliphatic carbocycles. The molecule has 3 heterocycles. The number of imidazole rings is 1. The molecule has 7 nitrogen and oxygen atoms in total. The van der Waals surface area contributed by atoms with Crippen molar-refractivity contribution in [2.45, 2.75) is 20.5 Å². The number of ether oxygens (including phenoxy) is 1. The Hall–Kier alpha value is -1.84. The molecule has 0 spiro atoms. The summed E-state index contributed by atoms with van der Waals surface area (Å²) in [6, 6.07) is 1.96. The normalized spacial score (nSPS) is 11.1. The van der Waals surface area contributed by atoms with Crippen LogP contribution >= 0.6 is 27.3 Å². The topological polar surface area (TPSA) is 81.4 Å². The van der Waals surface area contributed by atoms with Gasteiger partial charge in [0.15, 0.2) is 0 Å². The van der Waals surface area contributed by atoms with Crippen LogP contribution < -0.4 is 5.32 Å². The quantitative estimate of drug-likeness (QED) is 0.734. The summed E-state index contributed by atoms with van der Waals surface area (Å²) in [4.78, 5) is 17.1. The minimum atomic E-state index is -0.271. The summed E-state index contributed by atoms with van der Waals surface area (Å²) < 4.78 is 7.66. The van der Waals surface area contributed by atoms with Gasteiger partial charge in [-0.1, -0.05) is 11.3 Å². The lowest BCUT2D eigenvalue weighted by Gasteiger charge is -2.04. The summed E-state index contributed by atoms with van der Waals surface area (Å²) in [6.45, 7) is 4.13. The van der Waals surface area contributed by atoms with E-state index in [4.69, 9.17) is 4.74 Å². The van der Waals surface area contributed by atoms with E-state index in [0.717, 1.165) is 15.7 Å². The molecule has 23 heavy (non-hydrogen) atoms. The number of amides is 1. The van der Waals surface area contributed by atoms with Crippen molar-refractivity contribution in [3.05, 3.63) is 38.7 Å². The van der Waals surface area contributed by atoms with Gasteiger partial charge in [0.2, 0.25) is 5.13 Å². The van der Waals surface area contributed by atoms with Gasteiger partial charge in [0.05, 0.1) is 5.69 Å². The summed E-state index contributed by atoms with van der Waals surface area (Å²) in [7, 11) is 1.58. The Labute approximate surface area is 144 Å². The maximum atomic E-state index is 12.6. The lowest BCUT2D eigenvalue weighted by molar-refractivity contribution is 0.102. The second-order valence-corrected chi connectivity index (χ2v) is 6.95. The number of rotatable bonds is 4. The minimum absolute atomic E-state index is 0.271. The number of aromatic nitrogens is 4. The fraction of sp³-hybridized carbons (Fsp3) is 0.286. The van der Waals surface area contributed by atoms with Crippen molar-refractivity contribution in [1.29, 1.82) is 0 Å². The number of hydrogen-bond donors (Lipinski definition) is 1. The number of nitrogens with one attached hydrogen (secondary N) is 1. The zero-order valence-electron chi connectivity index (χ0n) is 12.8. The SMILES string of the molecule is COCc1nnc(NC(=O)c2c(C)nc3c(C)cc(Br)cn23)s1. The van der Waals surface area contributed by atoms with Gasteiger partial charge in [-0.05, 0) is 41.4 Å². The van der Waals surface area contributed by atoms with Crippen LogP contribution in [0, 0.1) is 13.8 Å². The van der Waals surface area contributed by atoms with E-state index in [1.54, 1.807) is 11.5 Å². The highest BCUT2D eigenvalue weighted by Gasteiger charge is 2.19. The molecule has 0 saturated heterocycles. The number of fused-ring (bicyclic) bond motifs is 1. The van der Waals surface area contributed by atoms with Crippen molar-refractivity contribution in [1.82, 2.24) is 19.6 Å². The number of carbonyl (C=O) groups is 1. The Kier molecular flexibility index (Phi) is 4.42. The number of anilines is 1. The summed E-state index contributed by atoms with van der Waals surface area (Å²) in [5.41, 5.74) is 2.88. The summed E-state index contributed by atoms with van der Waals surface area (Å²) in [5.74, 6) is -0.271. The molecular weight excluding hydrogens is 382 g/mol. The van der Waals surface area contributed by atoms with Crippen LogP contribution in [0.4, 0.5) is 5.13 Å². The van der Waals surface area contributed by atoms with Gasteiger partial charge in [-0.2, -0.15) is 0 Å². The lowest BCUT2D eigenvalue weighted by atomic mass is 10.3. The number of pyridine rings is 1. The van der Waals surface area contributed by atoms with Crippen molar-refractivity contribution in [3.8, 4) is 0 Å². The predicted octanol–water partition coefficient (Wildman–Crippen LogP) is 2.96. The monoisotopic (exact) mass is 395 g/mol. The van der Waals surface area contributed by atoms with Crippen LogP contribution in [0.3, 0.4) is 0 Å². The minimum Gasteiger partial charge on any atom is -0.377 e. The number of nitrogens with zero attached hydrogens (tertiary/aromatic N) is 4. The van der Waals surface area contributed by atoms with Crippen molar-refractivity contribution in [3.63, 3.8) is 0 Å². The van der Waals surface area contributed by atoms with Gasteiger partial charge < -0.3 is 4.74 Å². The zero-order valence-corrected chi connectivity index (χ0v) is 15.2. The molecule has 9 heteroatoms. The van der Waals surface area contributed by atoms with Gasteiger partial charge in [0.1, 0.15) is 23.0 Å². The molecular formula is C14H14BrN5O2S. The highest BCUT2D eigenvalue weighted by atomic mass is 79.9. The van der Waals surface area contributed by atoms with Crippen LogP contribution in [0.15, 0.2) is 16.7 Å². The highest BCUT2D eigenvalue weighted by molar-refractivity contribution is 9.10. The fourth-order valence-corrected chi connectivity index (χ4v) is 3.55. The number of hydrogen-bond acceptors (Lipinski definition) is 6. The van der Waals surface area contributed by atoms with Crippen LogP contribution in [0.2, 0.25) is 0 Å². The molecule has 0 atom stereocenters. The number of methoxy groups -OCH3 is 1. The molecule has 120 valence electrons. The molecule has 3 rings (SSSR count). The predicted molar refractivity (Wildman–Crippen MR) is 90.9 cm³/mol. The third kappa shape index (κ3) is 3.12. The Bertz CT molecular complexity index is 889. The van der Waals surface area contributed by atoms with E-state index in [0.29, 0.717) is 28.1 Å². The van der Waals surface area contributed by atoms with Crippen LogP contribution in [0.25, 0.3) is 5.65 Å². The van der Waals surface area contributed by atoms with Crippen molar-refractivity contribution in [2.75, 3.05) is 12.4 Å². The van der Waals surface area contributed by atoms with Crippen LogP contribution in [-0.4, -0.2) is 32.6 Å². The zero-order chi connectivity index (χ0) is 16.6. The molecule has 0 radical (unpaired) electrons. The molecule has 0 saturated carbocycles. The first-order valence-corrected chi connectivity index (χ1v) is 8.38. The molecule has 0 aromatic carbocycles. The van der Waals surface area contributed by atoms with Crippen LogP contribution in [0.1, 0.15) is 26.8 Å². The van der Waals surface area contributed by atoms with Crippen molar-refractivity contribution in [2.24, 2.45) is 0 Å². The first-order valence-electron chi connectivity index (χ1n) is 6.77. The van der Waals surface area contributed by atoms with E-state index < -0.39 is 0 Å². The average molecular weight is 396 g/mol. The summed E-state index contributed by atoms with van der Waals surface area (Å²) >= 11 is 4.73. The molecule has 1 amide bonds.